The van der Waals surface area contributed by atoms with Crippen LogP contribution in [0.3, 0.4) is 0 Å². The quantitative estimate of drug-likeness (QED) is 0.527. The number of esters is 1. The van der Waals surface area contributed by atoms with Crippen molar-refractivity contribution in [3.63, 3.8) is 0 Å². The molecule has 2 aliphatic rings. The van der Waals surface area contributed by atoms with Gasteiger partial charge in [-0.25, -0.2) is 0 Å². The first-order valence-electron chi connectivity index (χ1n) is 10.2. The lowest BCUT2D eigenvalue weighted by molar-refractivity contribution is -0.144. The second-order valence-electron chi connectivity index (χ2n) is 8.50. The third kappa shape index (κ3) is 4.90. The highest BCUT2D eigenvalue weighted by molar-refractivity contribution is 5.72. The molecule has 1 aromatic rings. The average Bonchev–Trinajstić information content (AvgIpc) is 3.18. The van der Waals surface area contributed by atoms with Crippen LogP contribution in [-0.2, 0) is 20.9 Å². The van der Waals surface area contributed by atoms with Gasteiger partial charge in [-0.05, 0) is 43.4 Å². The molecule has 6 atom stereocenters. The first-order chi connectivity index (χ1) is 13.8. The van der Waals surface area contributed by atoms with Gasteiger partial charge < -0.3 is 19.3 Å². The maximum atomic E-state index is 12.0. The lowest BCUT2D eigenvalue weighted by Crippen LogP contribution is -2.37. The van der Waals surface area contributed by atoms with Crippen molar-refractivity contribution in [2.24, 2.45) is 17.8 Å². The summed E-state index contributed by atoms with van der Waals surface area (Å²) in [5, 5.41) is 10.6. The number of hydrogen-bond donors (Lipinski definition) is 1. The van der Waals surface area contributed by atoms with E-state index in [1.54, 1.807) is 7.11 Å². The number of hydrogen-bond acceptors (Lipinski definition) is 5. The SMILES string of the molecule is C=C(C)C[C@H](O)[C@H]1CC(=O)O[C@@H]1[C@@H]1C(=C)C[C@H](OCc2ccc(OC)cc2)[C@H]1C. The molecule has 1 heterocycles. The molecule has 0 aromatic heterocycles. The predicted molar refractivity (Wildman–Crippen MR) is 111 cm³/mol. The predicted octanol–water partition coefficient (Wildman–Crippen LogP) is 4.05. The summed E-state index contributed by atoms with van der Waals surface area (Å²) in [5.74, 6) is 0.481. The maximum Gasteiger partial charge on any atom is 0.306 e. The van der Waals surface area contributed by atoms with E-state index in [-0.39, 0.29) is 42.4 Å². The van der Waals surface area contributed by atoms with Gasteiger partial charge in [0.25, 0.3) is 0 Å². The van der Waals surface area contributed by atoms with E-state index in [1.807, 2.05) is 31.2 Å². The second-order valence-corrected chi connectivity index (χ2v) is 8.50. The molecule has 0 radical (unpaired) electrons. The Labute approximate surface area is 173 Å². The summed E-state index contributed by atoms with van der Waals surface area (Å²) in [4.78, 5) is 12.0. The molecule has 1 aliphatic heterocycles. The summed E-state index contributed by atoms with van der Waals surface area (Å²) in [6, 6.07) is 7.83. The van der Waals surface area contributed by atoms with E-state index >= 15 is 0 Å². The first kappa shape index (κ1) is 21.6. The summed E-state index contributed by atoms with van der Waals surface area (Å²) >= 11 is 0. The van der Waals surface area contributed by atoms with Crippen LogP contribution in [0.5, 0.6) is 5.75 Å². The van der Waals surface area contributed by atoms with Crippen molar-refractivity contribution in [3.8, 4) is 5.75 Å². The Morgan fingerprint density at radius 1 is 1.31 bits per heavy atom. The van der Waals surface area contributed by atoms with Gasteiger partial charge in [-0.2, -0.15) is 0 Å². The molecule has 5 heteroatoms. The number of carbonyl (C=O) groups is 1. The minimum atomic E-state index is -0.636. The number of aliphatic hydroxyl groups excluding tert-OH is 1. The maximum absolute atomic E-state index is 12.0. The van der Waals surface area contributed by atoms with Crippen molar-refractivity contribution < 1.29 is 24.1 Å². The van der Waals surface area contributed by atoms with E-state index in [4.69, 9.17) is 14.2 Å². The van der Waals surface area contributed by atoms with E-state index in [9.17, 15) is 9.90 Å². The summed E-state index contributed by atoms with van der Waals surface area (Å²) < 4.78 is 17.1. The Kier molecular flexibility index (Phi) is 6.81. The summed E-state index contributed by atoms with van der Waals surface area (Å²) in [5.41, 5.74) is 3.01. The van der Waals surface area contributed by atoms with Gasteiger partial charge in [0, 0.05) is 11.8 Å². The zero-order valence-electron chi connectivity index (χ0n) is 17.6. The largest absolute Gasteiger partial charge is 0.497 e. The van der Waals surface area contributed by atoms with Gasteiger partial charge >= 0.3 is 5.97 Å². The van der Waals surface area contributed by atoms with Crippen LogP contribution >= 0.6 is 0 Å². The Bertz CT molecular complexity index is 753. The number of methoxy groups -OCH3 is 1. The summed E-state index contributed by atoms with van der Waals surface area (Å²) in [6.07, 6.45) is 0.472. The van der Waals surface area contributed by atoms with Gasteiger partial charge in [-0.15, -0.1) is 6.58 Å². The molecular weight excluding hydrogens is 368 g/mol. The Balaban J connectivity index is 1.66. The highest BCUT2D eigenvalue weighted by Gasteiger charge is 2.50. The molecule has 0 amide bonds. The average molecular weight is 401 g/mol. The molecule has 1 aliphatic carbocycles. The van der Waals surface area contributed by atoms with Crippen LogP contribution in [0.4, 0.5) is 0 Å². The Morgan fingerprint density at radius 2 is 2.00 bits per heavy atom. The first-order valence-corrected chi connectivity index (χ1v) is 10.2. The van der Waals surface area contributed by atoms with E-state index in [0.29, 0.717) is 13.0 Å². The van der Waals surface area contributed by atoms with Crippen molar-refractivity contribution in [2.75, 3.05) is 7.11 Å². The number of aliphatic hydroxyl groups is 1. The van der Waals surface area contributed by atoms with E-state index in [0.717, 1.165) is 28.9 Å². The van der Waals surface area contributed by atoms with Gasteiger partial charge in [-0.1, -0.05) is 36.8 Å². The van der Waals surface area contributed by atoms with Crippen molar-refractivity contribution in [1.29, 1.82) is 0 Å². The number of rotatable bonds is 8. The molecule has 29 heavy (non-hydrogen) atoms. The molecule has 0 unspecified atom stereocenters. The molecule has 0 bridgehead atoms. The fraction of sp³-hybridized carbons (Fsp3) is 0.542. The van der Waals surface area contributed by atoms with Gasteiger partial charge in [0.1, 0.15) is 11.9 Å². The molecule has 5 nitrogen and oxygen atoms in total. The van der Waals surface area contributed by atoms with Gasteiger partial charge in [-0.3, -0.25) is 4.79 Å². The fourth-order valence-electron chi connectivity index (χ4n) is 4.65. The van der Waals surface area contributed by atoms with Crippen LogP contribution in [0.25, 0.3) is 0 Å². The van der Waals surface area contributed by atoms with Gasteiger partial charge in [0.15, 0.2) is 0 Å². The van der Waals surface area contributed by atoms with Crippen LogP contribution in [0.2, 0.25) is 0 Å². The number of ether oxygens (including phenoxy) is 3. The molecule has 1 aromatic carbocycles. The third-order valence-electron chi connectivity index (χ3n) is 6.21. The molecule has 3 rings (SSSR count). The van der Waals surface area contributed by atoms with Crippen molar-refractivity contribution in [2.45, 2.75) is 58.0 Å². The van der Waals surface area contributed by atoms with Crippen molar-refractivity contribution in [1.82, 2.24) is 0 Å². The Morgan fingerprint density at radius 3 is 2.62 bits per heavy atom. The molecule has 1 saturated heterocycles. The number of carbonyl (C=O) groups excluding carboxylic acids is 1. The normalized spacial score (nSPS) is 30.3. The van der Waals surface area contributed by atoms with Crippen LogP contribution < -0.4 is 4.74 Å². The van der Waals surface area contributed by atoms with E-state index < -0.39 is 6.10 Å². The van der Waals surface area contributed by atoms with Crippen LogP contribution in [0.1, 0.15) is 38.7 Å². The van der Waals surface area contributed by atoms with E-state index in [2.05, 4.69) is 20.1 Å². The van der Waals surface area contributed by atoms with Crippen LogP contribution in [-0.4, -0.2) is 36.5 Å². The summed E-state index contributed by atoms with van der Waals surface area (Å²) in [7, 11) is 1.65. The molecule has 158 valence electrons. The van der Waals surface area contributed by atoms with E-state index in [1.165, 1.54) is 0 Å². The zero-order valence-corrected chi connectivity index (χ0v) is 17.6. The molecule has 1 saturated carbocycles. The second kappa shape index (κ2) is 9.14. The number of benzene rings is 1. The minimum Gasteiger partial charge on any atom is -0.497 e. The standard InChI is InChI=1S/C24H32O5/c1-14(2)10-20(25)19-12-22(26)29-24(19)23-15(3)11-21(16(23)4)28-13-17-6-8-18(27-5)9-7-17/h6-9,16,19-21,23-25H,1,3,10-13H2,2,4-5H3/t16-,19-,20+,21+,23-,24+/m1/s1. The van der Waals surface area contributed by atoms with Crippen LogP contribution in [0, 0.1) is 17.8 Å². The van der Waals surface area contributed by atoms with Crippen molar-refractivity contribution >= 4 is 5.97 Å². The molecule has 1 N–H and O–H groups in total. The van der Waals surface area contributed by atoms with Gasteiger partial charge in [0.05, 0.1) is 32.3 Å². The smallest absolute Gasteiger partial charge is 0.306 e. The van der Waals surface area contributed by atoms with Crippen molar-refractivity contribution in [3.05, 3.63) is 54.1 Å². The lowest BCUT2D eigenvalue weighted by Gasteiger charge is -2.31. The lowest BCUT2D eigenvalue weighted by atomic mass is 9.79. The highest BCUT2D eigenvalue weighted by atomic mass is 16.6. The van der Waals surface area contributed by atoms with Gasteiger partial charge in [0.2, 0.25) is 0 Å². The third-order valence-corrected chi connectivity index (χ3v) is 6.21. The summed E-state index contributed by atoms with van der Waals surface area (Å²) in [6.45, 7) is 12.6. The topological polar surface area (TPSA) is 65.0 Å². The molecular formula is C24H32O5. The van der Waals surface area contributed by atoms with Crippen LogP contribution in [0.15, 0.2) is 48.6 Å². The fourth-order valence-corrected chi connectivity index (χ4v) is 4.65. The minimum absolute atomic E-state index is 0.00726. The molecule has 0 spiro atoms. The molecule has 2 fully saturated rings. The zero-order chi connectivity index (χ0) is 21.1. The number of cyclic esters (lactones) is 1. The monoisotopic (exact) mass is 400 g/mol. The highest BCUT2D eigenvalue weighted by Crippen LogP contribution is 2.46. The Hall–Kier alpha value is -2.11.